The van der Waals surface area contributed by atoms with Crippen LogP contribution in [0.25, 0.3) is 11.1 Å². The highest BCUT2D eigenvalue weighted by Gasteiger charge is 2.26. The summed E-state index contributed by atoms with van der Waals surface area (Å²) in [5.74, 6) is -0.398. The van der Waals surface area contributed by atoms with Crippen molar-refractivity contribution in [2.75, 3.05) is 18.5 Å². The summed E-state index contributed by atoms with van der Waals surface area (Å²) in [6, 6.07) is 11.5. The fraction of sp³-hybridized carbons (Fsp3) is 0.250. The lowest BCUT2D eigenvalue weighted by atomic mass is 10.0. The molecule has 0 aliphatic rings. The lowest BCUT2D eigenvalue weighted by Gasteiger charge is -2.12. The molecule has 0 unspecified atom stereocenters. The van der Waals surface area contributed by atoms with Gasteiger partial charge in [-0.05, 0) is 61.7 Å². The van der Waals surface area contributed by atoms with Gasteiger partial charge in [-0.25, -0.2) is 4.79 Å². The van der Waals surface area contributed by atoms with Gasteiger partial charge >= 0.3 is 5.97 Å². The normalized spacial score (nSPS) is 10.6. The molecular formula is C24H23BrN2O6S. The van der Waals surface area contributed by atoms with E-state index in [4.69, 9.17) is 9.47 Å². The zero-order valence-electron chi connectivity index (χ0n) is 18.8. The molecule has 0 bridgehead atoms. The molecule has 0 saturated heterocycles. The first-order chi connectivity index (χ1) is 16.2. The van der Waals surface area contributed by atoms with Crippen LogP contribution in [0.4, 0.5) is 10.7 Å². The number of nitrogens with one attached hydrogen (secondary N) is 1. The Morgan fingerprint density at radius 1 is 1.15 bits per heavy atom. The number of ether oxygens (including phenoxy) is 2. The number of carbonyl (C=O) groups excluding carboxylic acids is 2. The van der Waals surface area contributed by atoms with Gasteiger partial charge in [0.25, 0.3) is 11.6 Å². The minimum Gasteiger partial charge on any atom is -0.483 e. The molecule has 178 valence electrons. The number of aryl methyl sites for hydroxylation is 2. The molecule has 0 saturated carbocycles. The Hall–Kier alpha value is -3.24. The molecule has 1 aromatic heterocycles. The molecule has 0 aliphatic carbocycles. The highest BCUT2D eigenvalue weighted by atomic mass is 79.9. The van der Waals surface area contributed by atoms with Crippen molar-refractivity contribution in [3.8, 4) is 16.9 Å². The van der Waals surface area contributed by atoms with Crippen LogP contribution in [0.3, 0.4) is 0 Å². The number of halogens is 1. The number of benzene rings is 2. The third kappa shape index (κ3) is 5.81. The number of carbonyl (C=O) groups is 2. The third-order valence-corrected chi connectivity index (χ3v) is 6.46. The van der Waals surface area contributed by atoms with Crippen molar-refractivity contribution in [3.05, 3.63) is 73.1 Å². The summed E-state index contributed by atoms with van der Waals surface area (Å²) in [4.78, 5) is 36.8. The smallest absolute Gasteiger partial charge is 0.341 e. The molecule has 2 aromatic carbocycles. The summed E-state index contributed by atoms with van der Waals surface area (Å²) in [7, 11) is 0. The molecule has 1 heterocycles. The largest absolute Gasteiger partial charge is 0.483 e. The Morgan fingerprint density at radius 3 is 2.47 bits per heavy atom. The standard InChI is InChI=1S/C24H23BrN2O6S/c1-4-15-12-17(25)8-11-19(15)33-13-20(28)26-23-22(24(29)32-5-2)21(14(3)34-23)16-6-9-18(10-7-16)27(30)31/h6-12H,4-5,13H2,1-3H3,(H,26,28). The van der Waals surface area contributed by atoms with Crippen LogP contribution in [0.2, 0.25) is 0 Å². The number of hydrogen-bond donors (Lipinski definition) is 1. The van der Waals surface area contributed by atoms with E-state index in [0.717, 1.165) is 21.3 Å². The number of thiophene rings is 1. The molecule has 10 heteroatoms. The number of nitro groups is 1. The van der Waals surface area contributed by atoms with Crippen molar-refractivity contribution in [3.63, 3.8) is 0 Å². The van der Waals surface area contributed by atoms with Crippen LogP contribution in [0, 0.1) is 17.0 Å². The van der Waals surface area contributed by atoms with Crippen LogP contribution < -0.4 is 10.1 Å². The van der Waals surface area contributed by atoms with Gasteiger partial charge in [-0.3, -0.25) is 14.9 Å². The number of rotatable bonds is 9. The van der Waals surface area contributed by atoms with Crippen LogP contribution in [0.1, 0.15) is 34.6 Å². The molecule has 0 fully saturated rings. The topological polar surface area (TPSA) is 108 Å². The molecular weight excluding hydrogens is 524 g/mol. The van der Waals surface area contributed by atoms with Gasteiger partial charge in [0.1, 0.15) is 16.3 Å². The van der Waals surface area contributed by atoms with Gasteiger partial charge in [-0.1, -0.05) is 22.9 Å². The van der Waals surface area contributed by atoms with E-state index in [9.17, 15) is 19.7 Å². The van der Waals surface area contributed by atoms with Crippen molar-refractivity contribution in [2.45, 2.75) is 27.2 Å². The van der Waals surface area contributed by atoms with E-state index in [-0.39, 0.29) is 24.5 Å². The van der Waals surface area contributed by atoms with E-state index < -0.39 is 16.8 Å². The molecule has 3 rings (SSSR count). The molecule has 0 radical (unpaired) electrons. The van der Waals surface area contributed by atoms with Gasteiger partial charge in [0.05, 0.1) is 11.5 Å². The first-order valence-corrected chi connectivity index (χ1v) is 12.1. The van der Waals surface area contributed by atoms with Gasteiger partial charge in [-0.2, -0.15) is 0 Å². The maximum absolute atomic E-state index is 12.8. The van der Waals surface area contributed by atoms with Crippen molar-refractivity contribution in [2.24, 2.45) is 0 Å². The average molecular weight is 547 g/mol. The number of amides is 1. The van der Waals surface area contributed by atoms with Crippen LogP contribution >= 0.6 is 27.3 Å². The van der Waals surface area contributed by atoms with Crippen molar-refractivity contribution in [1.29, 1.82) is 0 Å². The molecule has 8 nitrogen and oxygen atoms in total. The number of hydrogen-bond acceptors (Lipinski definition) is 7. The van der Waals surface area contributed by atoms with Crippen LogP contribution in [-0.4, -0.2) is 30.0 Å². The number of non-ortho nitro benzene ring substituents is 1. The fourth-order valence-corrected chi connectivity index (χ4v) is 4.89. The molecule has 0 spiro atoms. The summed E-state index contributed by atoms with van der Waals surface area (Å²) in [5.41, 5.74) is 2.29. The van der Waals surface area contributed by atoms with Gasteiger partial charge in [0, 0.05) is 27.0 Å². The molecule has 34 heavy (non-hydrogen) atoms. The van der Waals surface area contributed by atoms with E-state index >= 15 is 0 Å². The maximum atomic E-state index is 12.8. The SMILES string of the molecule is CCOC(=O)c1c(NC(=O)COc2ccc(Br)cc2CC)sc(C)c1-c1ccc([N+](=O)[O-])cc1. The van der Waals surface area contributed by atoms with E-state index in [0.29, 0.717) is 21.9 Å². The quantitative estimate of drug-likeness (QED) is 0.196. The highest BCUT2D eigenvalue weighted by molar-refractivity contribution is 9.10. The maximum Gasteiger partial charge on any atom is 0.341 e. The van der Waals surface area contributed by atoms with Crippen molar-refractivity contribution < 1.29 is 24.0 Å². The van der Waals surface area contributed by atoms with Gasteiger partial charge < -0.3 is 14.8 Å². The van der Waals surface area contributed by atoms with Crippen LogP contribution in [0.15, 0.2) is 46.9 Å². The number of nitrogens with zero attached hydrogens (tertiary/aromatic N) is 1. The van der Waals surface area contributed by atoms with Gasteiger partial charge in [0.2, 0.25) is 0 Å². The Balaban J connectivity index is 1.87. The van der Waals surface area contributed by atoms with Gasteiger partial charge in [-0.15, -0.1) is 11.3 Å². The Labute approximate surface area is 209 Å². The van der Waals surface area contributed by atoms with E-state index in [2.05, 4.69) is 21.2 Å². The predicted octanol–water partition coefficient (Wildman–Crippen LogP) is 6.15. The summed E-state index contributed by atoms with van der Waals surface area (Å²) in [6.45, 7) is 5.42. The molecule has 0 aliphatic heterocycles. The minimum absolute atomic E-state index is 0.0561. The van der Waals surface area contributed by atoms with E-state index in [1.807, 2.05) is 26.0 Å². The molecule has 1 N–H and O–H groups in total. The van der Waals surface area contributed by atoms with E-state index in [1.165, 1.54) is 23.5 Å². The van der Waals surface area contributed by atoms with Gasteiger partial charge in [0.15, 0.2) is 6.61 Å². The number of nitro benzene ring substituents is 1. The lowest BCUT2D eigenvalue weighted by molar-refractivity contribution is -0.384. The Kier molecular flexibility index (Phi) is 8.41. The van der Waals surface area contributed by atoms with Crippen LogP contribution in [-0.2, 0) is 16.0 Å². The first-order valence-electron chi connectivity index (χ1n) is 10.5. The zero-order chi connectivity index (χ0) is 24.8. The number of anilines is 1. The third-order valence-electron chi connectivity index (χ3n) is 4.95. The van der Waals surface area contributed by atoms with Crippen molar-refractivity contribution in [1.82, 2.24) is 0 Å². The zero-order valence-corrected chi connectivity index (χ0v) is 21.2. The molecule has 0 atom stereocenters. The monoisotopic (exact) mass is 546 g/mol. The Morgan fingerprint density at radius 2 is 1.85 bits per heavy atom. The predicted molar refractivity (Wildman–Crippen MR) is 135 cm³/mol. The molecule has 1 amide bonds. The lowest BCUT2D eigenvalue weighted by Crippen LogP contribution is -2.21. The Bertz CT molecular complexity index is 1220. The second-order valence-corrected chi connectivity index (χ2v) is 9.34. The fourth-order valence-electron chi connectivity index (χ4n) is 3.40. The summed E-state index contributed by atoms with van der Waals surface area (Å²) in [5, 5.41) is 14.1. The van der Waals surface area contributed by atoms with E-state index in [1.54, 1.807) is 25.1 Å². The average Bonchev–Trinajstić information content (AvgIpc) is 3.13. The second kappa shape index (κ2) is 11.3. The molecule has 3 aromatic rings. The van der Waals surface area contributed by atoms with Crippen LogP contribution in [0.5, 0.6) is 5.75 Å². The second-order valence-electron chi connectivity index (χ2n) is 7.20. The summed E-state index contributed by atoms with van der Waals surface area (Å²) >= 11 is 4.66. The highest BCUT2D eigenvalue weighted by Crippen LogP contribution is 2.41. The first kappa shape index (κ1) is 25.4. The minimum atomic E-state index is -0.586. The number of esters is 1. The van der Waals surface area contributed by atoms with Crippen molar-refractivity contribution >= 4 is 49.8 Å². The summed E-state index contributed by atoms with van der Waals surface area (Å²) in [6.07, 6.45) is 0.742. The summed E-state index contributed by atoms with van der Waals surface area (Å²) < 4.78 is 11.9.